The molecule has 0 spiro atoms. The summed E-state index contributed by atoms with van der Waals surface area (Å²) < 4.78 is 0. The number of hydrogen-bond acceptors (Lipinski definition) is 2. The van der Waals surface area contributed by atoms with Crippen LogP contribution in [0.2, 0.25) is 5.02 Å². The molecule has 1 aliphatic rings. The van der Waals surface area contributed by atoms with Crippen LogP contribution in [0.3, 0.4) is 0 Å². The van der Waals surface area contributed by atoms with Crippen LogP contribution in [-0.2, 0) is 4.84 Å². The highest BCUT2D eigenvalue weighted by atomic mass is 35.5. The fourth-order valence-corrected chi connectivity index (χ4v) is 1.55. The van der Waals surface area contributed by atoms with Gasteiger partial charge in [-0.3, -0.25) is 0 Å². The Hall–Kier alpha value is -0.570. The van der Waals surface area contributed by atoms with Crippen molar-refractivity contribution in [1.29, 1.82) is 0 Å². The first-order valence-electron chi connectivity index (χ1n) is 3.99. The molecule has 1 N–H and O–H groups in total. The molecule has 1 heterocycles. The molecule has 1 unspecified atom stereocenters. The van der Waals surface area contributed by atoms with Gasteiger partial charge >= 0.3 is 0 Å². The number of hydrogen-bond donors (Lipinski definition) is 1. The number of halogens is 1. The average Bonchev–Trinajstić information content (AvgIpc) is 2.56. The molecule has 1 saturated heterocycles. The van der Waals surface area contributed by atoms with Gasteiger partial charge in [-0.1, -0.05) is 23.7 Å². The smallest absolute Gasteiger partial charge is 0.0701 e. The zero-order chi connectivity index (χ0) is 8.39. The van der Waals surface area contributed by atoms with Crippen molar-refractivity contribution in [3.05, 3.63) is 34.9 Å². The van der Waals surface area contributed by atoms with Crippen LogP contribution in [-0.4, -0.2) is 6.61 Å². The van der Waals surface area contributed by atoms with Gasteiger partial charge in [0, 0.05) is 5.02 Å². The van der Waals surface area contributed by atoms with Crippen molar-refractivity contribution < 1.29 is 4.84 Å². The Balaban J connectivity index is 2.21. The standard InChI is InChI=1S/C9H10ClNO/c10-8-3-1-2-7(6-8)9-4-5-12-11-9/h1-3,6,9,11H,4-5H2. The van der Waals surface area contributed by atoms with E-state index in [9.17, 15) is 0 Å². The summed E-state index contributed by atoms with van der Waals surface area (Å²) in [6.45, 7) is 0.775. The van der Waals surface area contributed by atoms with E-state index in [2.05, 4.69) is 11.5 Å². The van der Waals surface area contributed by atoms with Crippen LogP contribution in [0.4, 0.5) is 0 Å². The summed E-state index contributed by atoms with van der Waals surface area (Å²) in [5, 5.41) is 0.779. The number of benzene rings is 1. The summed E-state index contributed by atoms with van der Waals surface area (Å²) in [5.74, 6) is 0. The lowest BCUT2D eigenvalue weighted by Gasteiger charge is -2.08. The van der Waals surface area contributed by atoms with Crippen molar-refractivity contribution in [1.82, 2.24) is 5.48 Å². The molecule has 1 aliphatic heterocycles. The topological polar surface area (TPSA) is 21.3 Å². The highest BCUT2D eigenvalue weighted by Crippen LogP contribution is 2.23. The Kier molecular flexibility index (Phi) is 2.30. The van der Waals surface area contributed by atoms with Gasteiger partial charge in [0.15, 0.2) is 0 Å². The molecule has 0 bridgehead atoms. The molecule has 12 heavy (non-hydrogen) atoms. The van der Waals surface area contributed by atoms with Gasteiger partial charge in [-0.05, 0) is 24.1 Å². The molecule has 0 aliphatic carbocycles. The molecule has 1 atom stereocenters. The minimum absolute atomic E-state index is 0.309. The summed E-state index contributed by atoms with van der Waals surface area (Å²) in [5.41, 5.74) is 4.14. The Bertz CT molecular complexity index is 271. The van der Waals surface area contributed by atoms with Crippen LogP contribution >= 0.6 is 11.6 Å². The molecule has 3 heteroatoms. The largest absolute Gasteiger partial charge is 0.301 e. The Labute approximate surface area is 76.4 Å². The first kappa shape index (κ1) is 8.05. The maximum absolute atomic E-state index is 5.85. The van der Waals surface area contributed by atoms with E-state index in [4.69, 9.17) is 16.4 Å². The third-order valence-corrected chi connectivity index (χ3v) is 2.22. The Morgan fingerprint density at radius 1 is 1.50 bits per heavy atom. The highest BCUT2D eigenvalue weighted by molar-refractivity contribution is 6.30. The minimum Gasteiger partial charge on any atom is -0.301 e. The van der Waals surface area contributed by atoms with E-state index < -0.39 is 0 Å². The zero-order valence-corrected chi connectivity index (χ0v) is 7.34. The molecule has 0 amide bonds. The molecule has 0 radical (unpaired) electrons. The average molecular weight is 184 g/mol. The van der Waals surface area contributed by atoms with Gasteiger partial charge in [-0.15, -0.1) is 0 Å². The molecular formula is C9H10ClNO. The van der Waals surface area contributed by atoms with E-state index in [1.165, 1.54) is 5.56 Å². The first-order valence-corrected chi connectivity index (χ1v) is 4.37. The van der Waals surface area contributed by atoms with Crippen LogP contribution in [0.25, 0.3) is 0 Å². The molecular weight excluding hydrogens is 174 g/mol. The van der Waals surface area contributed by atoms with Gasteiger partial charge in [0.25, 0.3) is 0 Å². The molecule has 2 rings (SSSR count). The summed E-state index contributed by atoms with van der Waals surface area (Å²) >= 11 is 5.85. The fraction of sp³-hybridized carbons (Fsp3) is 0.333. The maximum atomic E-state index is 5.85. The van der Waals surface area contributed by atoms with Crippen molar-refractivity contribution in [2.45, 2.75) is 12.5 Å². The summed E-state index contributed by atoms with van der Waals surface area (Å²) in [7, 11) is 0. The SMILES string of the molecule is Clc1cccc(C2CCON2)c1. The van der Waals surface area contributed by atoms with Gasteiger partial charge in [-0.25, -0.2) is 0 Å². The van der Waals surface area contributed by atoms with Crippen molar-refractivity contribution >= 4 is 11.6 Å². The number of rotatable bonds is 1. The molecule has 0 saturated carbocycles. The lowest BCUT2D eigenvalue weighted by Crippen LogP contribution is -2.10. The molecule has 1 aromatic carbocycles. The van der Waals surface area contributed by atoms with Crippen LogP contribution < -0.4 is 5.48 Å². The fourth-order valence-electron chi connectivity index (χ4n) is 1.35. The van der Waals surface area contributed by atoms with Crippen LogP contribution in [0, 0.1) is 0 Å². The van der Waals surface area contributed by atoms with Gasteiger partial charge < -0.3 is 4.84 Å². The third-order valence-electron chi connectivity index (χ3n) is 1.99. The molecule has 0 aromatic heterocycles. The van der Waals surface area contributed by atoms with Crippen molar-refractivity contribution in [3.8, 4) is 0 Å². The van der Waals surface area contributed by atoms with Gasteiger partial charge in [0.05, 0.1) is 12.6 Å². The number of hydroxylamine groups is 1. The molecule has 64 valence electrons. The lowest BCUT2D eigenvalue weighted by atomic mass is 10.1. The Morgan fingerprint density at radius 2 is 2.42 bits per heavy atom. The molecule has 1 aromatic rings. The maximum Gasteiger partial charge on any atom is 0.0701 e. The van der Waals surface area contributed by atoms with Crippen molar-refractivity contribution in [2.75, 3.05) is 6.61 Å². The van der Waals surface area contributed by atoms with E-state index in [1.807, 2.05) is 18.2 Å². The summed E-state index contributed by atoms with van der Waals surface area (Å²) in [6.07, 6.45) is 1.01. The number of nitrogens with one attached hydrogen (secondary N) is 1. The predicted octanol–water partition coefficient (Wildman–Crippen LogP) is 2.31. The van der Waals surface area contributed by atoms with Crippen molar-refractivity contribution in [3.63, 3.8) is 0 Å². The van der Waals surface area contributed by atoms with Gasteiger partial charge in [0.1, 0.15) is 0 Å². The van der Waals surface area contributed by atoms with Crippen LogP contribution in [0.5, 0.6) is 0 Å². The predicted molar refractivity (Wildman–Crippen MR) is 47.9 cm³/mol. The quantitative estimate of drug-likeness (QED) is 0.722. The second-order valence-electron chi connectivity index (χ2n) is 2.86. The van der Waals surface area contributed by atoms with Gasteiger partial charge in [-0.2, -0.15) is 5.48 Å². The highest BCUT2D eigenvalue weighted by Gasteiger charge is 2.16. The second kappa shape index (κ2) is 3.44. The third kappa shape index (κ3) is 1.61. The van der Waals surface area contributed by atoms with E-state index in [-0.39, 0.29) is 0 Å². The summed E-state index contributed by atoms with van der Waals surface area (Å²) in [6, 6.07) is 8.16. The summed E-state index contributed by atoms with van der Waals surface area (Å²) in [4.78, 5) is 5.06. The van der Waals surface area contributed by atoms with E-state index in [1.54, 1.807) is 0 Å². The zero-order valence-electron chi connectivity index (χ0n) is 6.59. The normalized spacial score (nSPS) is 22.9. The van der Waals surface area contributed by atoms with Crippen molar-refractivity contribution in [2.24, 2.45) is 0 Å². The molecule has 2 nitrogen and oxygen atoms in total. The minimum atomic E-state index is 0.309. The van der Waals surface area contributed by atoms with Gasteiger partial charge in [0.2, 0.25) is 0 Å². The van der Waals surface area contributed by atoms with Crippen LogP contribution in [0.15, 0.2) is 24.3 Å². The monoisotopic (exact) mass is 183 g/mol. The first-order chi connectivity index (χ1) is 5.86. The second-order valence-corrected chi connectivity index (χ2v) is 3.30. The molecule has 1 fully saturated rings. The van der Waals surface area contributed by atoms with Crippen LogP contribution in [0.1, 0.15) is 18.0 Å². The van der Waals surface area contributed by atoms with E-state index >= 15 is 0 Å². The lowest BCUT2D eigenvalue weighted by molar-refractivity contribution is 0.0883. The van der Waals surface area contributed by atoms with E-state index in [0.717, 1.165) is 18.1 Å². The Morgan fingerprint density at radius 3 is 3.08 bits per heavy atom. The van der Waals surface area contributed by atoms with E-state index in [0.29, 0.717) is 6.04 Å².